The second kappa shape index (κ2) is 5.07. The highest BCUT2D eigenvalue weighted by Gasteiger charge is 2.21. The highest BCUT2D eigenvalue weighted by Crippen LogP contribution is 2.30. The fourth-order valence-corrected chi connectivity index (χ4v) is 2.71. The molecule has 0 aromatic heterocycles. The van der Waals surface area contributed by atoms with Crippen molar-refractivity contribution in [3.8, 4) is 0 Å². The molecule has 2 nitrogen and oxygen atoms in total. The van der Waals surface area contributed by atoms with Crippen molar-refractivity contribution < 1.29 is 0 Å². The third-order valence-electron chi connectivity index (χ3n) is 3.38. The zero-order chi connectivity index (χ0) is 11.5. The molecule has 1 aromatic rings. The maximum Gasteiger partial charge on any atom is 0.0471 e. The van der Waals surface area contributed by atoms with Gasteiger partial charge in [0.2, 0.25) is 0 Å². The van der Waals surface area contributed by atoms with Gasteiger partial charge in [-0.2, -0.15) is 0 Å². The molecule has 0 heterocycles. The average Bonchev–Trinajstić information content (AvgIpc) is 2.64. The second-order valence-corrected chi connectivity index (χ2v) is 5.14. The van der Waals surface area contributed by atoms with Crippen LogP contribution in [0.4, 0.5) is 5.69 Å². The summed E-state index contributed by atoms with van der Waals surface area (Å²) in [5.41, 5.74) is 7.87. The lowest BCUT2D eigenvalue weighted by molar-refractivity contribution is 0.602. The summed E-state index contributed by atoms with van der Waals surface area (Å²) in [5, 5.41) is 4.33. The molecule has 0 spiro atoms. The minimum atomic E-state index is 0.490. The summed E-state index contributed by atoms with van der Waals surface area (Å²) in [6, 6.07) is 6.52. The molecule has 1 saturated carbocycles. The number of rotatable bonds is 3. The first-order chi connectivity index (χ1) is 7.70. The standard InChI is InChI=1S/C13H19ClN2/c1-9-5-6-10(7-9)16-13-4-2-3-12(14)11(13)8-15/h2-4,9-10,16H,5-8,15H2,1H3. The maximum atomic E-state index is 6.12. The van der Waals surface area contributed by atoms with Crippen LogP contribution in [0.25, 0.3) is 0 Å². The van der Waals surface area contributed by atoms with E-state index in [4.69, 9.17) is 17.3 Å². The lowest BCUT2D eigenvalue weighted by Gasteiger charge is -2.17. The molecule has 0 bridgehead atoms. The molecule has 1 aliphatic carbocycles. The van der Waals surface area contributed by atoms with Gasteiger partial charge in [0.15, 0.2) is 0 Å². The Morgan fingerprint density at radius 1 is 1.44 bits per heavy atom. The van der Waals surface area contributed by atoms with Crippen LogP contribution in [0.2, 0.25) is 5.02 Å². The molecule has 2 atom stereocenters. The third kappa shape index (κ3) is 2.50. The average molecular weight is 239 g/mol. The highest BCUT2D eigenvalue weighted by atomic mass is 35.5. The molecule has 2 rings (SSSR count). The van der Waals surface area contributed by atoms with Crippen LogP contribution in [0.15, 0.2) is 18.2 Å². The number of benzene rings is 1. The van der Waals surface area contributed by atoms with Crippen LogP contribution >= 0.6 is 11.6 Å². The molecule has 0 saturated heterocycles. The molecule has 16 heavy (non-hydrogen) atoms. The van der Waals surface area contributed by atoms with E-state index >= 15 is 0 Å². The molecular weight excluding hydrogens is 220 g/mol. The van der Waals surface area contributed by atoms with Crippen molar-refractivity contribution in [2.45, 2.75) is 38.8 Å². The minimum Gasteiger partial charge on any atom is -0.382 e. The summed E-state index contributed by atoms with van der Waals surface area (Å²) in [6.45, 7) is 2.80. The Labute approximate surface area is 102 Å². The van der Waals surface area contributed by atoms with E-state index in [1.54, 1.807) is 0 Å². The lowest BCUT2D eigenvalue weighted by Crippen LogP contribution is -2.17. The quantitative estimate of drug-likeness (QED) is 0.847. The largest absolute Gasteiger partial charge is 0.382 e. The smallest absolute Gasteiger partial charge is 0.0471 e. The summed E-state index contributed by atoms with van der Waals surface area (Å²) in [4.78, 5) is 0. The normalized spacial score (nSPS) is 24.7. The second-order valence-electron chi connectivity index (χ2n) is 4.73. The topological polar surface area (TPSA) is 38.0 Å². The predicted octanol–water partition coefficient (Wildman–Crippen LogP) is 3.40. The van der Waals surface area contributed by atoms with E-state index in [1.807, 2.05) is 12.1 Å². The summed E-state index contributed by atoms with van der Waals surface area (Å²) in [7, 11) is 0. The van der Waals surface area contributed by atoms with E-state index in [0.717, 1.165) is 22.2 Å². The molecule has 1 aliphatic rings. The van der Waals surface area contributed by atoms with Crippen LogP contribution in [-0.4, -0.2) is 6.04 Å². The van der Waals surface area contributed by atoms with Crippen LogP contribution in [0.3, 0.4) is 0 Å². The Morgan fingerprint density at radius 3 is 2.88 bits per heavy atom. The van der Waals surface area contributed by atoms with E-state index in [-0.39, 0.29) is 0 Å². The third-order valence-corrected chi connectivity index (χ3v) is 3.73. The van der Waals surface area contributed by atoms with Gasteiger partial charge in [0, 0.05) is 28.9 Å². The van der Waals surface area contributed by atoms with E-state index in [1.165, 1.54) is 19.3 Å². The maximum absolute atomic E-state index is 6.12. The summed E-state index contributed by atoms with van der Waals surface area (Å²) in [6.07, 6.45) is 3.81. The van der Waals surface area contributed by atoms with Gasteiger partial charge in [-0.15, -0.1) is 0 Å². The lowest BCUT2D eigenvalue weighted by atomic mass is 10.1. The molecule has 0 aliphatic heterocycles. The monoisotopic (exact) mass is 238 g/mol. The van der Waals surface area contributed by atoms with Crippen molar-refractivity contribution in [1.29, 1.82) is 0 Å². The van der Waals surface area contributed by atoms with Crippen molar-refractivity contribution in [1.82, 2.24) is 0 Å². The van der Waals surface area contributed by atoms with Gasteiger partial charge >= 0.3 is 0 Å². The summed E-state index contributed by atoms with van der Waals surface area (Å²) in [5.74, 6) is 0.831. The van der Waals surface area contributed by atoms with Gasteiger partial charge in [-0.1, -0.05) is 24.6 Å². The molecule has 0 amide bonds. The first-order valence-electron chi connectivity index (χ1n) is 5.94. The zero-order valence-corrected chi connectivity index (χ0v) is 10.4. The van der Waals surface area contributed by atoms with Crippen LogP contribution < -0.4 is 11.1 Å². The number of anilines is 1. The van der Waals surface area contributed by atoms with Gasteiger partial charge in [0.05, 0.1) is 0 Å². The van der Waals surface area contributed by atoms with Gasteiger partial charge in [0.25, 0.3) is 0 Å². The van der Waals surface area contributed by atoms with Crippen molar-refractivity contribution in [2.75, 3.05) is 5.32 Å². The Hall–Kier alpha value is -0.730. The van der Waals surface area contributed by atoms with Gasteiger partial charge in [-0.25, -0.2) is 0 Å². The Bertz CT molecular complexity index is 365. The number of halogens is 1. The van der Waals surface area contributed by atoms with Crippen molar-refractivity contribution >= 4 is 17.3 Å². The fourth-order valence-electron chi connectivity index (χ4n) is 2.46. The van der Waals surface area contributed by atoms with E-state index in [9.17, 15) is 0 Å². The van der Waals surface area contributed by atoms with E-state index in [0.29, 0.717) is 12.6 Å². The van der Waals surface area contributed by atoms with E-state index < -0.39 is 0 Å². The molecule has 88 valence electrons. The molecule has 0 radical (unpaired) electrons. The Balaban J connectivity index is 2.12. The SMILES string of the molecule is CC1CCC(Nc2cccc(Cl)c2CN)C1. The van der Waals surface area contributed by atoms with Gasteiger partial charge in [-0.05, 0) is 37.3 Å². The zero-order valence-electron chi connectivity index (χ0n) is 9.67. The van der Waals surface area contributed by atoms with Gasteiger partial charge in [-0.3, -0.25) is 0 Å². The minimum absolute atomic E-state index is 0.490. The van der Waals surface area contributed by atoms with Gasteiger partial charge < -0.3 is 11.1 Å². The number of nitrogens with one attached hydrogen (secondary N) is 1. The molecule has 2 unspecified atom stereocenters. The number of nitrogens with two attached hydrogens (primary N) is 1. The highest BCUT2D eigenvalue weighted by molar-refractivity contribution is 6.31. The van der Waals surface area contributed by atoms with E-state index in [2.05, 4.69) is 18.3 Å². The Kier molecular flexibility index (Phi) is 3.72. The Morgan fingerprint density at radius 2 is 2.25 bits per heavy atom. The molecule has 3 N–H and O–H groups in total. The fraction of sp³-hybridized carbons (Fsp3) is 0.538. The van der Waals surface area contributed by atoms with Crippen LogP contribution in [-0.2, 0) is 6.54 Å². The van der Waals surface area contributed by atoms with Crippen LogP contribution in [0.1, 0.15) is 31.7 Å². The van der Waals surface area contributed by atoms with Crippen molar-refractivity contribution in [3.05, 3.63) is 28.8 Å². The van der Waals surface area contributed by atoms with Crippen molar-refractivity contribution in [3.63, 3.8) is 0 Å². The molecule has 3 heteroatoms. The molecule has 1 aromatic carbocycles. The van der Waals surface area contributed by atoms with Crippen molar-refractivity contribution in [2.24, 2.45) is 11.7 Å². The summed E-state index contributed by atoms with van der Waals surface area (Å²) < 4.78 is 0. The van der Waals surface area contributed by atoms with Gasteiger partial charge in [0.1, 0.15) is 0 Å². The van der Waals surface area contributed by atoms with Crippen LogP contribution in [0.5, 0.6) is 0 Å². The first-order valence-corrected chi connectivity index (χ1v) is 6.32. The summed E-state index contributed by atoms with van der Waals surface area (Å²) >= 11 is 6.12. The molecule has 1 fully saturated rings. The molecular formula is C13H19ClN2. The predicted molar refractivity (Wildman–Crippen MR) is 69.8 cm³/mol. The van der Waals surface area contributed by atoms with Crippen LogP contribution in [0, 0.1) is 5.92 Å². The first kappa shape index (κ1) is 11.7. The number of hydrogen-bond donors (Lipinski definition) is 2. The number of hydrogen-bond acceptors (Lipinski definition) is 2.